The van der Waals surface area contributed by atoms with Crippen LogP contribution in [0.25, 0.3) is 0 Å². The summed E-state index contributed by atoms with van der Waals surface area (Å²) in [5.74, 6) is -11.4. The van der Waals surface area contributed by atoms with E-state index in [9.17, 15) is 40.3 Å². The van der Waals surface area contributed by atoms with Gasteiger partial charge in [-0.05, 0) is 19.8 Å². The molecule has 0 aliphatic heterocycles. The number of carbonyl (C=O) groups is 2. The van der Waals surface area contributed by atoms with Crippen LogP contribution in [0.5, 0.6) is 0 Å². The maximum absolute atomic E-state index is 13.7. The van der Waals surface area contributed by atoms with Gasteiger partial charge in [0.25, 0.3) is 0 Å². The molecular weight excluding hydrogens is 429 g/mol. The average Bonchev–Trinajstić information content (AvgIpc) is 2.61. The number of ether oxygens (including phenoxy) is 3. The molecule has 0 amide bonds. The van der Waals surface area contributed by atoms with Crippen LogP contribution in [0.15, 0.2) is 12.2 Å². The number of hydrogen-bond donors (Lipinski definition) is 0. The third-order valence-electron chi connectivity index (χ3n) is 3.68. The van der Waals surface area contributed by atoms with Gasteiger partial charge in [0, 0.05) is 24.8 Å². The second-order valence-corrected chi connectivity index (χ2v) is 6.51. The first-order chi connectivity index (χ1) is 13.7. The highest BCUT2D eigenvalue weighted by atomic mass is 19.4. The molecule has 0 aliphatic rings. The van der Waals surface area contributed by atoms with Crippen molar-refractivity contribution in [3.8, 4) is 0 Å². The normalized spacial score (nSPS) is 14.3. The third kappa shape index (κ3) is 9.31. The number of unbranched alkanes of at least 4 members (excludes halogenated alkanes) is 1. The van der Waals surface area contributed by atoms with E-state index in [-0.39, 0.29) is 6.42 Å². The van der Waals surface area contributed by atoms with Crippen molar-refractivity contribution in [3.63, 3.8) is 0 Å². The molecule has 0 radical (unpaired) electrons. The fourth-order valence-corrected chi connectivity index (χ4v) is 2.00. The highest BCUT2D eigenvalue weighted by Crippen LogP contribution is 2.37. The Bertz CT molecular complexity index is 578. The molecule has 0 heterocycles. The van der Waals surface area contributed by atoms with E-state index in [0.29, 0.717) is 6.42 Å². The Balaban J connectivity index is 5.38. The zero-order valence-corrected chi connectivity index (χ0v) is 16.6. The van der Waals surface area contributed by atoms with Gasteiger partial charge in [0.05, 0.1) is 13.2 Å². The van der Waals surface area contributed by atoms with Crippen molar-refractivity contribution >= 4 is 11.9 Å². The minimum Gasteiger partial charge on any atom is -0.461 e. The van der Waals surface area contributed by atoms with Gasteiger partial charge in [-0.2, -0.15) is 13.2 Å². The van der Waals surface area contributed by atoms with E-state index >= 15 is 0 Å². The maximum atomic E-state index is 13.7. The minimum absolute atomic E-state index is 0.213. The molecule has 5 nitrogen and oxygen atoms in total. The summed E-state index contributed by atoms with van der Waals surface area (Å²) in [4.78, 5) is 23.8. The smallest absolute Gasteiger partial charge is 0.461 e. The number of esters is 2. The van der Waals surface area contributed by atoms with Crippen molar-refractivity contribution in [3.05, 3.63) is 12.2 Å². The number of alkyl halides is 7. The van der Waals surface area contributed by atoms with E-state index in [2.05, 4.69) is 20.8 Å². The Morgan fingerprint density at radius 3 is 2.07 bits per heavy atom. The quantitative estimate of drug-likeness (QED) is 0.119. The van der Waals surface area contributed by atoms with Crippen molar-refractivity contribution in [2.24, 2.45) is 0 Å². The second-order valence-electron chi connectivity index (χ2n) is 6.51. The van der Waals surface area contributed by atoms with Crippen LogP contribution in [-0.4, -0.2) is 49.5 Å². The lowest BCUT2D eigenvalue weighted by Crippen LogP contribution is -2.58. The van der Waals surface area contributed by atoms with Crippen molar-refractivity contribution in [2.45, 2.75) is 76.7 Å². The standard InChI is InChI=1S/C18H25F7O5/c1-4-5-10-28-15(27)17(18(23,24)25,30-14(26)12(2)3)29-11-6-8-16(21,22)9-7-13(19)20/h13H,2,4-11H2,1,3H3. The van der Waals surface area contributed by atoms with Gasteiger partial charge in [-0.15, -0.1) is 0 Å². The Labute approximate surface area is 169 Å². The molecule has 30 heavy (non-hydrogen) atoms. The lowest BCUT2D eigenvalue weighted by molar-refractivity contribution is -0.355. The van der Waals surface area contributed by atoms with Crippen LogP contribution in [0.4, 0.5) is 30.7 Å². The number of hydrogen-bond acceptors (Lipinski definition) is 5. The topological polar surface area (TPSA) is 61.8 Å². The highest BCUT2D eigenvalue weighted by Gasteiger charge is 2.67. The molecule has 0 N–H and O–H groups in total. The van der Waals surface area contributed by atoms with Crippen LogP contribution in [0.3, 0.4) is 0 Å². The van der Waals surface area contributed by atoms with E-state index in [1.54, 1.807) is 6.92 Å². The first-order valence-electron chi connectivity index (χ1n) is 9.11. The zero-order valence-electron chi connectivity index (χ0n) is 16.6. The molecule has 0 bridgehead atoms. The van der Waals surface area contributed by atoms with Crippen molar-refractivity contribution in [1.29, 1.82) is 0 Å². The molecular formula is C18H25F7O5. The molecule has 12 heteroatoms. The first-order valence-corrected chi connectivity index (χ1v) is 9.11. The van der Waals surface area contributed by atoms with Crippen molar-refractivity contribution in [2.75, 3.05) is 13.2 Å². The van der Waals surface area contributed by atoms with Gasteiger partial charge in [-0.3, -0.25) is 0 Å². The second kappa shape index (κ2) is 12.1. The molecule has 1 atom stereocenters. The zero-order chi connectivity index (χ0) is 23.6. The summed E-state index contributed by atoms with van der Waals surface area (Å²) in [6.45, 7) is 4.30. The molecule has 0 aromatic rings. The Morgan fingerprint density at radius 1 is 1.00 bits per heavy atom. The molecule has 0 spiro atoms. The lowest BCUT2D eigenvalue weighted by atomic mass is 10.1. The summed E-state index contributed by atoms with van der Waals surface area (Å²) in [7, 11) is 0. The van der Waals surface area contributed by atoms with Gasteiger partial charge in [-0.25, -0.2) is 27.2 Å². The van der Waals surface area contributed by atoms with E-state index in [4.69, 9.17) is 0 Å². The summed E-state index contributed by atoms with van der Waals surface area (Å²) < 4.78 is 105. The Hall–Kier alpha value is -1.85. The first kappa shape index (κ1) is 28.1. The summed E-state index contributed by atoms with van der Waals surface area (Å²) in [6.07, 6.45) is -11.9. The Kier molecular flexibility index (Phi) is 11.4. The molecule has 1 unspecified atom stereocenters. The number of carbonyl (C=O) groups excluding carboxylic acids is 2. The summed E-state index contributed by atoms with van der Waals surface area (Å²) >= 11 is 0. The molecule has 0 aromatic heterocycles. The van der Waals surface area contributed by atoms with E-state index in [0.717, 1.165) is 6.92 Å². The van der Waals surface area contributed by atoms with E-state index in [1.807, 2.05) is 0 Å². The van der Waals surface area contributed by atoms with Crippen LogP contribution in [0.1, 0.15) is 52.4 Å². The van der Waals surface area contributed by atoms with Gasteiger partial charge >= 0.3 is 23.9 Å². The fourth-order valence-electron chi connectivity index (χ4n) is 2.00. The van der Waals surface area contributed by atoms with Gasteiger partial charge in [0.1, 0.15) is 0 Å². The van der Waals surface area contributed by atoms with Gasteiger partial charge in [0.2, 0.25) is 12.3 Å². The molecule has 0 saturated heterocycles. The molecule has 176 valence electrons. The van der Waals surface area contributed by atoms with E-state index < -0.39 is 80.7 Å². The maximum Gasteiger partial charge on any atom is 0.468 e. The molecule has 0 aliphatic carbocycles. The Morgan fingerprint density at radius 2 is 1.60 bits per heavy atom. The number of halogens is 7. The van der Waals surface area contributed by atoms with Crippen LogP contribution in [0.2, 0.25) is 0 Å². The van der Waals surface area contributed by atoms with Crippen molar-refractivity contribution in [1.82, 2.24) is 0 Å². The SMILES string of the molecule is C=C(C)C(=O)OC(OCCCC(F)(F)CCC(F)F)(C(=O)OCCCC)C(F)(F)F. The monoisotopic (exact) mass is 454 g/mol. The predicted octanol–water partition coefficient (Wildman–Crippen LogP) is 5.19. The predicted molar refractivity (Wildman–Crippen MR) is 90.9 cm³/mol. The summed E-state index contributed by atoms with van der Waals surface area (Å²) in [5, 5.41) is 0. The molecule has 0 fully saturated rings. The largest absolute Gasteiger partial charge is 0.468 e. The van der Waals surface area contributed by atoms with Crippen molar-refractivity contribution < 1.29 is 54.5 Å². The average molecular weight is 454 g/mol. The van der Waals surface area contributed by atoms with Crippen LogP contribution in [0, 0.1) is 0 Å². The lowest BCUT2D eigenvalue weighted by Gasteiger charge is -2.32. The van der Waals surface area contributed by atoms with Gasteiger partial charge in [0.15, 0.2) is 0 Å². The van der Waals surface area contributed by atoms with Crippen LogP contribution < -0.4 is 0 Å². The number of rotatable bonds is 14. The molecule has 0 aromatic carbocycles. The van der Waals surface area contributed by atoms with Gasteiger partial charge in [-0.1, -0.05) is 19.9 Å². The molecule has 0 saturated carbocycles. The van der Waals surface area contributed by atoms with Crippen LogP contribution in [-0.2, 0) is 23.8 Å². The highest BCUT2D eigenvalue weighted by molar-refractivity contribution is 5.90. The fraction of sp³-hybridized carbons (Fsp3) is 0.778. The minimum atomic E-state index is -5.60. The van der Waals surface area contributed by atoms with E-state index in [1.165, 1.54) is 0 Å². The summed E-state index contributed by atoms with van der Waals surface area (Å²) in [6, 6.07) is 0. The molecule has 0 rings (SSSR count). The summed E-state index contributed by atoms with van der Waals surface area (Å²) in [5.41, 5.74) is -0.480. The van der Waals surface area contributed by atoms with Crippen LogP contribution >= 0.6 is 0 Å². The van der Waals surface area contributed by atoms with Gasteiger partial charge < -0.3 is 14.2 Å². The third-order valence-corrected chi connectivity index (χ3v) is 3.68.